The summed E-state index contributed by atoms with van der Waals surface area (Å²) in [6.07, 6.45) is -4.15. The lowest BCUT2D eigenvalue weighted by molar-refractivity contribution is -0.171. The van der Waals surface area contributed by atoms with Crippen LogP contribution in [-0.2, 0) is 17.6 Å². The lowest BCUT2D eigenvalue weighted by Gasteiger charge is -2.05. The molecule has 4 heteroatoms. The second kappa shape index (κ2) is 5.14. The number of halogens is 3. The Hall–Kier alpha value is -1.32. The minimum absolute atomic E-state index is 0.141. The van der Waals surface area contributed by atoms with Crippen LogP contribution < -0.4 is 0 Å². The molecule has 0 bridgehead atoms. The maximum absolute atomic E-state index is 11.9. The quantitative estimate of drug-likeness (QED) is 0.775. The lowest BCUT2D eigenvalue weighted by Crippen LogP contribution is -2.22. The summed E-state index contributed by atoms with van der Waals surface area (Å²) in [5.74, 6) is -1.66. The van der Waals surface area contributed by atoms with E-state index < -0.39 is 18.4 Å². The number of hydrogen-bond donors (Lipinski definition) is 0. The van der Waals surface area contributed by atoms with Crippen molar-refractivity contribution in [1.29, 1.82) is 0 Å². The second-order valence-corrected chi connectivity index (χ2v) is 3.59. The third kappa shape index (κ3) is 3.68. The molecule has 0 N–H and O–H groups in total. The largest absolute Gasteiger partial charge is 0.449 e. The summed E-state index contributed by atoms with van der Waals surface area (Å²) in [7, 11) is 0. The summed E-state index contributed by atoms with van der Waals surface area (Å²) in [5.41, 5.74) is 1.89. The SMILES string of the molecule is CCc1ccc(CCC(=O)C(F)(F)F)cc1. The van der Waals surface area contributed by atoms with Gasteiger partial charge in [0.15, 0.2) is 0 Å². The first-order valence-corrected chi connectivity index (χ1v) is 5.11. The fourth-order valence-electron chi connectivity index (χ4n) is 1.34. The molecule has 0 spiro atoms. The van der Waals surface area contributed by atoms with Gasteiger partial charge in [-0.3, -0.25) is 4.79 Å². The van der Waals surface area contributed by atoms with Crippen molar-refractivity contribution in [2.75, 3.05) is 0 Å². The van der Waals surface area contributed by atoms with Gasteiger partial charge in [0.25, 0.3) is 0 Å². The van der Waals surface area contributed by atoms with Crippen LogP contribution in [0.5, 0.6) is 0 Å². The summed E-state index contributed by atoms with van der Waals surface area (Å²) < 4.78 is 35.8. The fraction of sp³-hybridized carbons (Fsp3) is 0.417. The predicted octanol–water partition coefficient (Wildman–Crippen LogP) is 3.31. The van der Waals surface area contributed by atoms with E-state index in [2.05, 4.69) is 0 Å². The van der Waals surface area contributed by atoms with Gasteiger partial charge >= 0.3 is 6.18 Å². The maximum atomic E-state index is 11.9. The number of alkyl halides is 3. The molecular formula is C12H13F3O. The number of rotatable bonds is 4. The van der Waals surface area contributed by atoms with Crippen LogP contribution in [0.3, 0.4) is 0 Å². The van der Waals surface area contributed by atoms with E-state index in [1.165, 1.54) is 0 Å². The number of aryl methyl sites for hydroxylation is 2. The Balaban J connectivity index is 2.52. The Bertz CT molecular complexity index is 352. The van der Waals surface area contributed by atoms with Crippen LogP contribution >= 0.6 is 0 Å². The number of hydrogen-bond acceptors (Lipinski definition) is 1. The number of carbonyl (C=O) groups is 1. The first kappa shape index (κ1) is 12.7. The summed E-state index contributed by atoms with van der Waals surface area (Å²) in [5, 5.41) is 0. The Labute approximate surface area is 92.3 Å². The number of carbonyl (C=O) groups excluding carboxylic acids is 1. The summed E-state index contributed by atoms with van der Waals surface area (Å²) in [6, 6.07) is 7.27. The van der Waals surface area contributed by atoms with Crippen LogP contribution in [0.4, 0.5) is 13.2 Å². The fourth-order valence-corrected chi connectivity index (χ4v) is 1.34. The van der Waals surface area contributed by atoms with Gasteiger partial charge in [0.2, 0.25) is 5.78 Å². The minimum Gasteiger partial charge on any atom is -0.290 e. The summed E-state index contributed by atoms with van der Waals surface area (Å²) in [4.78, 5) is 10.6. The molecule has 16 heavy (non-hydrogen) atoms. The lowest BCUT2D eigenvalue weighted by atomic mass is 10.0. The van der Waals surface area contributed by atoms with Crippen molar-refractivity contribution in [2.45, 2.75) is 32.4 Å². The molecule has 1 aromatic rings. The Morgan fingerprint density at radius 2 is 1.62 bits per heavy atom. The smallest absolute Gasteiger partial charge is 0.290 e. The molecule has 1 aromatic carbocycles. The van der Waals surface area contributed by atoms with Crippen molar-refractivity contribution in [1.82, 2.24) is 0 Å². The molecule has 0 aliphatic carbocycles. The molecule has 0 fully saturated rings. The summed E-state index contributed by atoms with van der Waals surface area (Å²) in [6.45, 7) is 2.00. The molecule has 0 aromatic heterocycles. The highest BCUT2D eigenvalue weighted by Gasteiger charge is 2.37. The van der Waals surface area contributed by atoms with Crippen molar-refractivity contribution >= 4 is 5.78 Å². The molecule has 1 rings (SSSR count). The van der Waals surface area contributed by atoms with Crippen LogP contribution in [0.15, 0.2) is 24.3 Å². The number of ketones is 1. The molecule has 0 radical (unpaired) electrons. The molecule has 0 unspecified atom stereocenters. The van der Waals surface area contributed by atoms with Crippen molar-refractivity contribution in [3.05, 3.63) is 35.4 Å². The zero-order chi connectivity index (χ0) is 12.2. The Morgan fingerprint density at radius 1 is 1.12 bits per heavy atom. The van der Waals surface area contributed by atoms with Crippen molar-refractivity contribution in [3.63, 3.8) is 0 Å². The van der Waals surface area contributed by atoms with Crippen LogP contribution in [0.1, 0.15) is 24.5 Å². The van der Waals surface area contributed by atoms with Gasteiger partial charge < -0.3 is 0 Å². The zero-order valence-electron chi connectivity index (χ0n) is 8.97. The van der Waals surface area contributed by atoms with Crippen LogP contribution in [0.25, 0.3) is 0 Å². The molecule has 0 saturated heterocycles. The average molecular weight is 230 g/mol. The standard InChI is InChI=1S/C12H13F3O/c1-2-9-3-5-10(6-4-9)7-8-11(16)12(13,14)15/h3-6H,2,7-8H2,1H3. The maximum Gasteiger partial charge on any atom is 0.449 e. The van der Waals surface area contributed by atoms with Crippen LogP contribution in [0, 0.1) is 0 Å². The van der Waals surface area contributed by atoms with Crippen LogP contribution in [0.2, 0.25) is 0 Å². The van der Waals surface area contributed by atoms with E-state index >= 15 is 0 Å². The molecule has 0 aliphatic rings. The molecule has 88 valence electrons. The predicted molar refractivity (Wildman–Crippen MR) is 55.2 cm³/mol. The highest BCUT2D eigenvalue weighted by atomic mass is 19.4. The highest BCUT2D eigenvalue weighted by molar-refractivity contribution is 5.84. The third-order valence-electron chi connectivity index (χ3n) is 2.39. The number of Topliss-reactive ketones (excluding diaryl/α,β-unsaturated/α-hetero) is 1. The molecule has 0 amide bonds. The molecule has 0 atom stereocenters. The van der Waals surface area contributed by atoms with E-state index in [-0.39, 0.29) is 6.42 Å². The highest BCUT2D eigenvalue weighted by Crippen LogP contribution is 2.19. The minimum atomic E-state index is -4.71. The molecule has 0 saturated carbocycles. The molecular weight excluding hydrogens is 217 g/mol. The number of benzene rings is 1. The van der Waals surface area contributed by atoms with Gasteiger partial charge in [-0.25, -0.2) is 0 Å². The van der Waals surface area contributed by atoms with Gasteiger partial charge in [-0.1, -0.05) is 31.2 Å². The van der Waals surface area contributed by atoms with E-state index in [9.17, 15) is 18.0 Å². The Morgan fingerprint density at radius 3 is 2.06 bits per heavy atom. The van der Waals surface area contributed by atoms with Crippen molar-refractivity contribution in [3.8, 4) is 0 Å². The second-order valence-electron chi connectivity index (χ2n) is 3.59. The van der Waals surface area contributed by atoms with Gasteiger partial charge in [0.05, 0.1) is 0 Å². The average Bonchev–Trinajstić information content (AvgIpc) is 2.25. The van der Waals surface area contributed by atoms with E-state index in [4.69, 9.17) is 0 Å². The van der Waals surface area contributed by atoms with Gasteiger partial charge in [0.1, 0.15) is 0 Å². The van der Waals surface area contributed by atoms with Crippen LogP contribution in [-0.4, -0.2) is 12.0 Å². The first-order valence-electron chi connectivity index (χ1n) is 5.11. The molecule has 0 heterocycles. The van der Waals surface area contributed by atoms with Gasteiger partial charge in [-0.15, -0.1) is 0 Å². The molecule has 1 nitrogen and oxygen atoms in total. The normalized spacial score (nSPS) is 11.5. The van der Waals surface area contributed by atoms with E-state index in [1.807, 2.05) is 19.1 Å². The third-order valence-corrected chi connectivity index (χ3v) is 2.39. The first-order chi connectivity index (χ1) is 7.43. The molecule has 0 aliphatic heterocycles. The zero-order valence-corrected chi connectivity index (χ0v) is 8.97. The van der Waals surface area contributed by atoms with E-state index in [0.29, 0.717) is 0 Å². The van der Waals surface area contributed by atoms with Gasteiger partial charge in [-0.05, 0) is 24.0 Å². The van der Waals surface area contributed by atoms with Gasteiger partial charge in [-0.2, -0.15) is 13.2 Å². The van der Waals surface area contributed by atoms with E-state index in [0.717, 1.165) is 17.5 Å². The summed E-state index contributed by atoms with van der Waals surface area (Å²) >= 11 is 0. The van der Waals surface area contributed by atoms with Gasteiger partial charge in [0, 0.05) is 6.42 Å². The topological polar surface area (TPSA) is 17.1 Å². The van der Waals surface area contributed by atoms with Crippen molar-refractivity contribution < 1.29 is 18.0 Å². The monoisotopic (exact) mass is 230 g/mol. The van der Waals surface area contributed by atoms with E-state index in [1.54, 1.807) is 12.1 Å². The van der Waals surface area contributed by atoms with Crippen molar-refractivity contribution in [2.24, 2.45) is 0 Å². The Kier molecular flexibility index (Phi) is 4.10.